The number of benzene rings is 1. The van der Waals surface area contributed by atoms with Crippen molar-refractivity contribution >= 4 is 15.8 Å². The lowest BCUT2D eigenvalue weighted by atomic mass is 9.89. The Morgan fingerprint density at radius 2 is 2.17 bits per heavy atom. The van der Waals surface area contributed by atoms with Crippen LogP contribution in [0.25, 0.3) is 0 Å². The Bertz CT molecular complexity index is 1210. The quantitative estimate of drug-likeness (QED) is 0.805. The first-order chi connectivity index (χ1) is 14.5. The summed E-state index contributed by atoms with van der Waals surface area (Å²) >= 11 is 0. The highest BCUT2D eigenvalue weighted by atomic mass is 32.2. The van der Waals surface area contributed by atoms with Gasteiger partial charge in [0.05, 0.1) is 30.9 Å². The molecule has 1 aromatic carbocycles. The van der Waals surface area contributed by atoms with Crippen molar-refractivity contribution in [1.82, 2.24) is 9.78 Å². The van der Waals surface area contributed by atoms with Gasteiger partial charge < -0.3 is 4.74 Å². The number of hydrogen-bond acceptors (Lipinski definition) is 5. The topological polar surface area (TPSA) is 123 Å². The normalized spacial score (nSPS) is 19.2. The molecule has 0 spiro atoms. The summed E-state index contributed by atoms with van der Waals surface area (Å²) in [6.45, 7) is 1.14. The van der Waals surface area contributed by atoms with E-state index in [2.05, 4.69) is 15.5 Å². The molecule has 2 N–H and O–H groups in total. The number of aryl methyl sites for hydroxylation is 1. The molecular weight excluding hydrogens is 402 g/mol. The van der Waals surface area contributed by atoms with E-state index in [9.17, 15) is 14.3 Å². The molecule has 30 heavy (non-hydrogen) atoms. The van der Waals surface area contributed by atoms with E-state index in [1.54, 1.807) is 4.68 Å². The highest BCUT2D eigenvalue weighted by Gasteiger charge is 2.32. The summed E-state index contributed by atoms with van der Waals surface area (Å²) in [5, 5.41) is 19.7. The van der Waals surface area contributed by atoms with E-state index >= 15 is 0 Å². The van der Waals surface area contributed by atoms with Gasteiger partial charge >= 0.3 is 0 Å². The molecule has 1 amide bonds. The van der Waals surface area contributed by atoms with Crippen molar-refractivity contribution in [2.75, 3.05) is 6.61 Å². The molecular formula is C21H23N5O3S. The molecule has 2 heterocycles. The minimum absolute atomic E-state index is 0.0540. The van der Waals surface area contributed by atoms with Crippen molar-refractivity contribution in [3.8, 4) is 11.9 Å². The minimum atomic E-state index is -3.46. The lowest BCUT2D eigenvalue weighted by Gasteiger charge is -2.16. The molecule has 1 aliphatic heterocycles. The second-order valence-corrected chi connectivity index (χ2v) is 9.92. The summed E-state index contributed by atoms with van der Waals surface area (Å²) in [5.74, 6) is 0.214. The van der Waals surface area contributed by atoms with Crippen LogP contribution < -0.4 is 9.88 Å². The molecule has 2 aliphatic carbocycles. The highest BCUT2D eigenvalue weighted by molar-refractivity contribution is 7.91. The molecule has 2 aromatic rings. The Morgan fingerprint density at radius 3 is 2.93 bits per heavy atom. The maximum atomic E-state index is 13.1. The zero-order valence-electron chi connectivity index (χ0n) is 16.6. The van der Waals surface area contributed by atoms with E-state index in [0.717, 1.165) is 66.3 Å². The lowest BCUT2D eigenvalue weighted by molar-refractivity contribution is -0.117. The van der Waals surface area contributed by atoms with Crippen LogP contribution in [0.15, 0.2) is 21.5 Å². The molecule has 5 rings (SSSR count). The average Bonchev–Trinajstić information content (AvgIpc) is 3.26. The SMILES string of the molecule is N#Cc1cc(C2CC2)c(CC(=O)N=[S@@](N)(=O)c2cnn3c2OCCC3)c2c1CCC2. The molecule has 8 nitrogen and oxygen atoms in total. The minimum Gasteiger partial charge on any atom is -0.477 e. The Hall–Kier alpha value is -2.70. The third-order valence-electron chi connectivity index (χ3n) is 6.09. The summed E-state index contributed by atoms with van der Waals surface area (Å²) in [4.78, 5) is 13.1. The Labute approximate surface area is 175 Å². The number of carbonyl (C=O) groups is 1. The van der Waals surface area contributed by atoms with Crippen LogP contribution in [0, 0.1) is 11.3 Å². The fourth-order valence-electron chi connectivity index (χ4n) is 4.57. The second-order valence-electron chi connectivity index (χ2n) is 8.16. The van der Waals surface area contributed by atoms with Gasteiger partial charge in [0.1, 0.15) is 14.8 Å². The Morgan fingerprint density at radius 1 is 1.37 bits per heavy atom. The van der Waals surface area contributed by atoms with E-state index in [1.165, 1.54) is 6.20 Å². The number of aromatic nitrogens is 2. The van der Waals surface area contributed by atoms with Crippen LogP contribution in [0.3, 0.4) is 0 Å². The van der Waals surface area contributed by atoms with Crippen LogP contribution in [0.2, 0.25) is 0 Å². The molecule has 0 unspecified atom stereocenters. The maximum absolute atomic E-state index is 13.1. The van der Waals surface area contributed by atoms with Crippen molar-refractivity contribution in [3.05, 3.63) is 40.1 Å². The molecule has 9 heteroatoms. The van der Waals surface area contributed by atoms with E-state index in [-0.39, 0.29) is 11.3 Å². The lowest BCUT2D eigenvalue weighted by Crippen LogP contribution is -2.20. The fourth-order valence-corrected chi connectivity index (χ4v) is 5.65. The van der Waals surface area contributed by atoms with Crippen molar-refractivity contribution in [1.29, 1.82) is 5.26 Å². The molecule has 156 valence electrons. The molecule has 1 atom stereocenters. The van der Waals surface area contributed by atoms with Gasteiger partial charge in [0.2, 0.25) is 5.88 Å². The number of nitriles is 1. The Balaban J connectivity index is 1.50. The monoisotopic (exact) mass is 425 g/mol. The van der Waals surface area contributed by atoms with Gasteiger partial charge in [-0.05, 0) is 66.3 Å². The predicted octanol–water partition coefficient (Wildman–Crippen LogP) is 2.37. The van der Waals surface area contributed by atoms with Crippen LogP contribution in [-0.2, 0) is 40.5 Å². The molecule has 1 aromatic heterocycles. The van der Waals surface area contributed by atoms with Gasteiger partial charge in [-0.25, -0.2) is 14.0 Å². The molecule has 3 aliphatic rings. The molecule has 0 bridgehead atoms. The van der Waals surface area contributed by atoms with Gasteiger partial charge in [-0.15, -0.1) is 4.36 Å². The second kappa shape index (κ2) is 7.22. The summed E-state index contributed by atoms with van der Waals surface area (Å²) in [5.41, 5.74) is 4.92. The van der Waals surface area contributed by atoms with Gasteiger partial charge in [-0.1, -0.05) is 0 Å². The maximum Gasteiger partial charge on any atom is 0.259 e. The predicted molar refractivity (Wildman–Crippen MR) is 109 cm³/mol. The number of nitrogens with zero attached hydrogens (tertiary/aromatic N) is 4. The van der Waals surface area contributed by atoms with E-state index in [1.807, 2.05) is 6.07 Å². The first-order valence-corrected chi connectivity index (χ1v) is 11.9. The first kappa shape index (κ1) is 19.3. The van der Waals surface area contributed by atoms with Crippen LogP contribution >= 0.6 is 0 Å². The number of hydrogen-bond donors (Lipinski definition) is 1. The summed E-state index contributed by atoms with van der Waals surface area (Å²) in [6.07, 6.45) is 7.07. The smallest absolute Gasteiger partial charge is 0.259 e. The van der Waals surface area contributed by atoms with Crippen LogP contribution in [-0.4, -0.2) is 26.5 Å². The largest absolute Gasteiger partial charge is 0.477 e. The fraction of sp³-hybridized carbons (Fsp3) is 0.476. The van der Waals surface area contributed by atoms with Gasteiger partial charge in [-0.3, -0.25) is 4.79 Å². The number of rotatable bonds is 4. The average molecular weight is 426 g/mol. The first-order valence-electron chi connectivity index (χ1n) is 10.3. The molecule has 0 radical (unpaired) electrons. The zero-order chi connectivity index (χ0) is 20.9. The van der Waals surface area contributed by atoms with E-state index in [4.69, 9.17) is 9.88 Å². The molecule has 0 saturated heterocycles. The van der Waals surface area contributed by atoms with Crippen molar-refractivity contribution in [2.24, 2.45) is 9.50 Å². The number of carbonyl (C=O) groups excluding carboxylic acids is 1. The van der Waals surface area contributed by atoms with Crippen molar-refractivity contribution in [2.45, 2.75) is 62.3 Å². The number of nitrogens with two attached hydrogens (primary N) is 1. The third kappa shape index (κ3) is 3.30. The number of ether oxygens (including phenoxy) is 1. The zero-order valence-corrected chi connectivity index (χ0v) is 17.4. The number of fused-ring (bicyclic) bond motifs is 2. The van der Waals surface area contributed by atoms with E-state index in [0.29, 0.717) is 24.9 Å². The summed E-state index contributed by atoms with van der Waals surface area (Å²) < 4.78 is 24.2. The number of amides is 1. The Kier molecular flexibility index (Phi) is 4.64. The van der Waals surface area contributed by atoms with Gasteiger partial charge in [0.15, 0.2) is 0 Å². The third-order valence-corrected chi connectivity index (χ3v) is 7.47. The summed E-state index contributed by atoms with van der Waals surface area (Å²) in [7, 11) is -3.46. The van der Waals surface area contributed by atoms with Gasteiger partial charge in [0, 0.05) is 13.0 Å². The van der Waals surface area contributed by atoms with Crippen LogP contribution in [0.4, 0.5) is 0 Å². The highest BCUT2D eigenvalue weighted by Crippen LogP contribution is 2.45. The van der Waals surface area contributed by atoms with Crippen LogP contribution in [0.5, 0.6) is 5.88 Å². The standard InChI is InChI=1S/C21H23N5O3S/c22-11-14-9-17(13-5-6-13)18(16-4-1-3-15(14)16)10-20(27)25-30(23,28)19-12-24-26-7-2-8-29-21(19)26/h9,12-13H,1-8,10H2,(H2,23,25,27,28)/t30-/m1/s1. The van der Waals surface area contributed by atoms with Gasteiger partial charge in [-0.2, -0.15) is 10.4 Å². The van der Waals surface area contributed by atoms with Gasteiger partial charge in [0.25, 0.3) is 5.91 Å². The van der Waals surface area contributed by atoms with E-state index < -0.39 is 15.8 Å². The van der Waals surface area contributed by atoms with Crippen molar-refractivity contribution in [3.63, 3.8) is 0 Å². The summed E-state index contributed by atoms with van der Waals surface area (Å²) in [6, 6.07) is 4.27. The molecule has 1 fully saturated rings. The van der Waals surface area contributed by atoms with Crippen LogP contribution in [0.1, 0.15) is 59.4 Å². The molecule has 1 saturated carbocycles. The van der Waals surface area contributed by atoms with Crippen molar-refractivity contribution < 1.29 is 13.7 Å².